The van der Waals surface area contributed by atoms with E-state index in [1.54, 1.807) is 18.2 Å². The first kappa shape index (κ1) is 13.1. The van der Waals surface area contributed by atoms with Crippen LogP contribution in [0.25, 0.3) is 0 Å². The Labute approximate surface area is 99.6 Å². The second-order valence-corrected chi connectivity index (χ2v) is 3.16. The third-order valence-electron chi connectivity index (χ3n) is 2.12. The Balaban J connectivity index is 2.71. The molecular formula is C11H16N2O4. The summed E-state index contributed by atoms with van der Waals surface area (Å²) in [5.74, 6) is 6.25. The van der Waals surface area contributed by atoms with Crippen molar-refractivity contribution in [1.29, 1.82) is 0 Å². The van der Waals surface area contributed by atoms with Crippen molar-refractivity contribution in [2.45, 2.75) is 6.42 Å². The number of hydrazine groups is 1. The zero-order valence-electron chi connectivity index (χ0n) is 9.86. The standard InChI is InChI=1S/C11H16N2O4/c1-15-8-4-3-5-9(16-2)11(8)17-7-6-10(14)13-12/h3-5H,6-7,12H2,1-2H3,(H,13,14). The van der Waals surface area contributed by atoms with Crippen LogP contribution in [-0.2, 0) is 4.79 Å². The zero-order chi connectivity index (χ0) is 12.7. The van der Waals surface area contributed by atoms with Crippen LogP contribution in [-0.4, -0.2) is 26.7 Å². The van der Waals surface area contributed by atoms with Crippen molar-refractivity contribution in [3.63, 3.8) is 0 Å². The van der Waals surface area contributed by atoms with Crippen molar-refractivity contribution in [1.82, 2.24) is 5.43 Å². The number of para-hydroxylation sites is 1. The fraction of sp³-hybridized carbons (Fsp3) is 0.364. The third kappa shape index (κ3) is 3.53. The van der Waals surface area contributed by atoms with E-state index in [0.29, 0.717) is 17.2 Å². The molecule has 0 atom stereocenters. The molecule has 0 heterocycles. The highest BCUT2D eigenvalue weighted by Gasteiger charge is 2.11. The largest absolute Gasteiger partial charge is 0.493 e. The first-order valence-corrected chi connectivity index (χ1v) is 5.06. The summed E-state index contributed by atoms with van der Waals surface area (Å²) in [4.78, 5) is 10.9. The molecule has 1 rings (SSSR count). The maximum absolute atomic E-state index is 10.9. The van der Waals surface area contributed by atoms with Crippen molar-refractivity contribution in [2.75, 3.05) is 20.8 Å². The number of nitrogens with one attached hydrogen (secondary N) is 1. The SMILES string of the molecule is COc1cccc(OC)c1OCCC(=O)NN. The van der Waals surface area contributed by atoms with Crippen LogP contribution in [0.2, 0.25) is 0 Å². The van der Waals surface area contributed by atoms with Crippen molar-refractivity contribution < 1.29 is 19.0 Å². The van der Waals surface area contributed by atoms with Gasteiger partial charge in [0.05, 0.1) is 27.2 Å². The van der Waals surface area contributed by atoms with Gasteiger partial charge in [0.25, 0.3) is 0 Å². The van der Waals surface area contributed by atoms with Crippen molar-refractivity contribution in [3.05, 3.63) is 18.2 Å². The molecule has 6 heteroatoms. The predicted molar refractivity (Wildman–Crippen MR) is 62.0 cm³/mol. The van der Waals surface area contributed by atoms with Gasteiger partial charge in [0.1, 0.15) is 0 Å². The van der Waals surface area contributed by atoms with Crippen LogP contribution in [0.5, 0.6) is 17.2 Å². The van der Waals surface area contributed by atoms with Gasteiger partial charge in [0, 0.05) is 0 Å². The summed E-state index contributed by atoms with van der Waals surface area (Å²) in [6, 6.07) is 5.29. The molecule has 94 valence electrons. The average Bonchev–Trinajstić information content (AvgIpc) is 2.38. The van der Waals surface area contributed by atoms with E-state index in [1.165, 1.54) is 14.2 Å². The average molecular weight is 240 g/mol. The van der Waals surface area contributed by atoms with Gasteiger partial charge in [-0.2, -0.15) is 0 Å². The summed E-state index contributed by atoms with van der Waals surface area (Å²) in [7, 11) is 3.07. The molecule has 0 fully saturated rings. The third-order valence-corrected chi connectivity index (χ3v) is 2.12. The quantitative estimate of drug-likeness (QED) is 0.429. The molecule has 0 aliphatic rings. The maximum atomic E-state index is 10.9. The summed E-state index contributed by atoms with van der Waals surface area (Å²) in [5, 5.41) is 0. The molecule has 0 unspecified atom stereocenters. The van der Waals surface area contributed by atoms with Crippen LogP contribution < -0.4 is 25.5 Å². The minimum atomic E-state index is -0.293. The van der Waals surface area contributed by atoms with Gasteiger partial charge < -0.3 is 14.2 Å². The van der Waals surface area contributed by atoms with Gasteiger partial charge in [-0.1, -0.05) is 6.07 Å². The Morgan fingerprint density at radius 1 is 1.29 bits per heavy atom. The van der Waals surface area contributed by atoms with E-state index in [4.69, 9.17) is 20.1 Å². The molecule has 0 aliphatic carbocycles. The molecule has 0 spiro atoms. The number of carbonyl (C=O) groups is 1. The van der Waals surface area contributed by atoms with Crippen molar-refractivity contribution >= 4 is 5.91 Å². The first-order chi connectivity index (χ1) is 8.22. The monoisotopic (exact) mass is 240 g/mol. The minimum Gasteiger partial charge on any atom is -0.493 e. The molecule has 1 aromatic carbocycles. The second kappa shape index (κ2) is 6.59. The van der Waals surface area contributed by atoms with Gasteiger partial charge in [-0.05, 0) is 12.1 Å². The predicted octanol–water partition coefficient (Wildman–Crippen LogP) is 0.463. The second-order valence-electron chi connectivity index (χ2n) is 3.16. The van der Waals surface area contributed by atoms with E-state index < -0.39 is 0 Å². The molecule has 0 radical (unpaired) electrons. The highest BCUT2D eigenvalue weighted by Crippen LogP contribution is 2.36. The lowest BCUT2D eigenvalue weighted by Crippen LogP contribution is -2.31. The molecular weight excluding hydrogens is 224 g/mol. The van der Waals surface area contributed by atoms with Crippen LogP contribution >= 0.6 is 0 Å². The van der Waals surface area contributed by atoms with Gasteiger partial charge in [-0.3, -0.25) is 10.2 Å². The minimum absolute atomic E-state index is 0.164. The lowest BCUT2D eigenvalue weighted by molar-refractivity contribution is -0.121. The molecule has 3 N–H and O–H groups in total. The van der Waals surface area contributed by atoms with E-state index in [1.807, 2.05) is 5.43 Å². The fourth-order valence-electron chi connectivity index (χ4n) is 1.28. The molecule has 1 amide bonds. The number of carbonyl (C=O) groups excluding carboxylic acids is 1. The Bertz CT molecular complexity index is 359. The van der Waals surface area contributed by atoms with E-state index in [2.05, 4.69) is 0 Å². The first-order valence-electron chi connectivity index (χ1n) is 5.06. The van der Waals surface area contributed by atoms with E-state index >= 15 is 0 Å². The van der Waals surface area contributed by atoms with Crippen LogP contribution in [0.4, 0.5) is 0 Å². The Morgan fingerprint density at radius 2 is 1.88 bits per heavy atom. The number of rotatable bonds is 6. The lowest BCUT2D eigenvalue weighted by Gasteiger charge is -2.13. The molecule has 0 saturated carbocycles. The van der Waals surface area contributed by atoms with Crippen LogP contribution in [0.1, 0.15) is 6.42 Å². The topological polar surface area (TPSA) is 82.8 Å². The number of benzene rings is 1. The molecule has 1 aromatic rings. The number of ether oxygens (including phenoxy) is 3. The summed E-state index contributed by atoms with van der Waals surface area (Å²) < 4.78 is 15.7. The van der Waals surface area contributed by atoms with Gasteiger partial charge in [0.2, 0.25) is 11.7 Å². The molecule has 17 heavy (non-hydrogen) atoms. The maximum Gasteiger partial charge on any atom is 0.237 e. The number of hydrogen-bond donors (Lipinski definition) is 2. The van der Waals surface area contributed by atoms with Gasteiger partial charge in [0.15, 0.2) is 11.5 Å². The summed E-state index contributed by atoms with van der Waals surface area (Å²) in [6.45, 7) is 0.194. The van der Waals surface area contributed by atoms with Crippen molar-refractivity contribution in [3.8, 4) is 17.2 Å². The number of methoxy groups -OCH3 is 2. The molecule has 0 aromatic heterocycles. The summed E-state index contributed by atoms with van der Waals surface area (Å²) in [5.41, 5.74) is 2.03. The normalized spacial score (nSPS) is 9.59. The van der Waals surface area contributed by atoms with Gasteiger partial charge in [-0.15, -0.1) is 0 Å². The van der Waals surface area contributed by atoms with Crippen LogP contribution in [0, 0.1) is 0 Å². The van der Waals surface area contributed by atoms with E-state index in [9.17, 15) is 4.79 Å². The smallest absolute Gasteiger partial charge is 0.237 e. The lowest BCUT2D eigenvalue weighted by atomic mass is 10.3. The number of hydrogen-bond acceptors (Lipinski definition) is 5. The number of nitrogens with two attached hydrogens (primary N) is 1. The molecule has 0 bridgehead atoms. The Kier molecular flexibility index (Phi) is 5.09. The summed E-state index contributed by atoms with van der Waals surface area (Å²) >= 11 is 0. The van der Waals surface area contributed by atoms with Crippen molar-refractivity contribution in [2.24, 2.45) is 5.84 Å². The highest BCUT2D eigenvalue weighted by molar-refractivity contribution is 5.75. The van der Waals surface area contributed by atoms with E-state index in [-0.39, 0.29) is 18.9 Å². The van der Waals surface area contributed by atoms with Crippen LogP contribution in [0.3, 0.4) is 0 Å². The molecule has 0 aliphatic heterocycles. The van der Waals surface area contributed by atoms with Gasteiger partial charge >= 0.3 is 0 Å². The fourth-order valence-corrected chi connectivity index (χ4v) is 1.28. The van der Waals surface area contributed by atoms with E-state index in [0.717, 1.165) is 0 Å². The Hall–Kier alpha value is -1.95. The Morgan fingerprint density at radius 3 is 2.35 bits per heavy atom. The molecule has 6 nitrogen and oxygen atoms in total. The zero-order valence-corrected chi connectivity index (χ0v) is 9.86. The summed E-state index contributed by atoms with van der Waals surface area (Å²) in [6.07, 6.45) is 0.164. The van der Waals surface area contributed by atoms with Crippen LogP contribution in [0.15, 0.2) is 18.2 Å². The molecule has 0 saturated heterocycles. The van der Waals surface area contributed by atoms with Gasteiger partial charge in [-0.25, -0.2) is 5.84 Å². The number of amides is 1. The highest BCUT2D eigenvalue weighted by atomic mass is 16.5.